The third kappa shape index (κ3) is 3.95. The van der Waals surface area contributed by atoms with Gasteiger partial charge in [0.2, 0.25) is 5.91 Å². The third-order valence-electron chi connectivity index (χ3n) is 6.52. The van der Waals surface area contributed by atoms with Gasteiger partial charge in [-0.05, 0) is 41.5 Å². The number of hydrogen-bond donors (Lipinski definition) is 1. The number of rotatable bonds is 2. The summed E-state index contributed by atoms with van der Waals surface area (Å²) in [6.07, 6.45) is 1.58. The fraction of sp³-hybridized carbons (Fsp3) is 0.391. The maximum atomic E-state index is 13.7. The van der Waals surface area contributed by atoms with Gasteiger partial charge in [0.05, 0.1) is 10.4 Å². The van der Waals surface area contributed by atoms with Gasteiger partial charge in [-0.25, -0.2) is 0 Å². The maximum Gasteiger partial charge on any atom is 0.412 e. The van der Waals surface area contributed by atoms with Crippen molar-refractivity contribution in [3.63, 3.8) is 0 Å². The number of fused-ring (bicyclic) bond motifs is 1. The van der Waals surface area contributed by atoms with Crippen molar-refractivity contribution >= 4 is 40.8 Å². The minimum atomic E-state index is -4.43. The Labute approximate surface area is 198 Å². The van der Waals surface area contributed by atoms with E-state index < -0.39 is 12.2 Å². The average Bonchev–Trinajstić information content (AvgIpc) is 3.12. The standard InChI is InChI=1S/C23H21ClF3N3O2S/c1-29-8-2-3-15(20(29)23(25,26)27)13-4-5-14-9-16(24)19(33-17(14)10-13)21(32)30-11-22(12-30)7-6-18(31)28-22/h2-5,8,10,20H,6-7,9,11-12H2,1H3,(H,28,31). The zero-order chi connectivity index (χ0) is 23.5. The van der Waals surface area contributed by atoms with Crippen molar-refractivity contribution in [2.45, 2.75) is 41.9 Å². The molecular weight excluding hydrogens is 475 g/mol. The SMILES string of the molecule is CN1C=CC=C(c2ccc3c(c2)SC(C(=O)N2CC4(CCC(=O)N4)C2)=C(Cl)C3)C1C(F)(F)F. The largest absolute Gasteiger partial charge is 0.412 e. The molecule has 4 heterocycles. The number of halogens is 4. The van der Waals surface area contributed by atoms with Gasteiger partial charge < -0.3 is 15.1 Å². The van der Waals surface area contributed by atoms with Gasteiger partial charge in [-0.3, -0.25) is 9.59 Å². The number of likely N-dealkylation sites (tertiary alicyclic amines) is 1. The van der Waals surface area contributed by atoms with Crippen LogP contribution in [0.5, 0.6) is 0 Å². The Balaban J connectivity index is 1.37. The highest BCUT2D eigenvalue weighted by molar-refractivity contribution is 8.04. The molecule has 0 aliphatic carbocycles. The number of allylic oxidation sites excluding steroid dienone is 3. The smallest absolute Gasteiger partial charge is 0.365 e. The lowest BCUT2D eigenvalue weighted by Gasteiger charge is -2.48. The molecule has 0 radical (unpaired) electrons. The number of benzene rings is 1. The molecule has 1 aromatic rings. The van der Waals surface area contributed by atoms with E-state index in [0.29, 0.717) is 47.9 Å². The molecule has 5 rings (SSSR count). The van der Waals surface area contributed by atoms with E-state index in [-0.39, 0.29) is 22.9 Å². The zero-order valence-corrected chi connectivity index (χ0v) is 19.3. The summed E-state index contributed by atoms with van der Waals surface area (Å²) in [6, 6.07) is 3.42. The Morgan fingerprint density at radius 3 is 2.73 bits per heavy atom. The van der Waals surface area contributed by atoms with Crippen molar-refractivity contribution in [1.82, 2.24) is 15.1 Å². The number of nitrogens with zero attached hydrogens (tertiary/aromatic N) is 2. The summed E-state index contributed by atoms with van der Waals surface area (Å²) in [5.41, 5.74) is 1.16. The highest BCUT2D eigenvalue weighted by atomic mass is 35.5. The van der Waals surface area contributed by atoms with E-state index in [4.69, 9.17) is 11.6 Å². The van der Waals surface area contributed by atoms with Gasteiger partial charge >= 0.3 is 6.18 Å². The van der Waals surface area contributed by atoms with Crippen LogP contribution in [0.4, 0.5) is 13.2 Å². The van der Waals surface area contributed by atoms with Crippen LogP contribution < -0.4 is 5.32 Å². The number of likely N-dealkylation sites (N-methyl/N-ethyl adjacent to an activating group) is 1. The van der Waals surface area contributed by atoms with E-state index in [9.17, 15) is 22.8 Å². The first kappa shape index (κ1) is 22.4. The lowest BCUT2D eigenvalue weighted by atomic mass is 9.88. The van der Waals surface area contributed by atoms with Crippen molar-refractivity contribution in [2.75, 3.05) is 20.1 Å². The van der Waals surface area contributed by atoms with Gasteiger partial charge in [0.15, 0.2) is 6.04 Å². The lowest BCUT2D eigenvalue weighted by Crippen LogP contribution is -2.68. The monoisotopic (exact) mass is 495 g/mol. The molecule has 174 valence electrons. The Bertz CT molecular complexity index is 1140. The highest BCUT2D eigenvalue weighted by Gasteiger charge is 2.50. The van der Waals surface area contributed by atoms with Crippen LogP contribution in [0.2, 0.25) is 0 Å². The predicted octanol–water partition coefficient (Wildman–Crippen LogP) is 4.05. The molecular formula is C23H21ClF3N3O2S. The minimum absolute atomic E-state index is 0.00233. The normalized spacial score (nSPS) is 24.0. The van der Waals surface area contributed by atoms with Gasteiger partial charge in [-0.15, -0.1) is 0 Å². The summed E-state index contributed by atoms with van der Waals surface area (Å²) in [6.45, 7) is 0.884. The third-order valence-corrected chi connectivity index (χ3v) is 8.18. The molecule has 1 atom stereocenters. The fourth-order valence-electron chi connectivity index (χ4n) is 4.87. The van der Waals surface area contributed by atoms with Crippen LogP contribution in [0, 0.1) is 0 Å². The Kier molecular flexibility index (Phi) is 5.32. The first-order chi connectivity index (χ1) is 15.6. The van der Waals surface area contributed by atoms with Gasteiger partial charge in [0.25, 0.3) is 5.91 Å². The molecule has 1 unspecified atom stereocenters. The molecule has 1 spiro atoms. The summed E-state index contributed by atoms with van der Waals surface area (Å²) in [5.74, 6) is -0.206. The van der Waals surface area contributed by atoms with Crippen LogP contribution in [0.1, 0.15) is 24.0 Å². The van der Waals surface area contributed by atoms with Crippen LogP contribution in [0.15, 0.2) is 51.4 Å². The second-order valence-electron chi connectivity index (χ2n) is 8.90. The number of amides is 2. The van der Waals surface area contributed by atoms with Crippen LogP contribution in [0.3, 0.4) is 0 Å². The molecule has 1 aromatic carbocycles. The molecule has 4 aliphatic rings. The summed E-state index contributed by atoms with van der Waals surface area (Å²) < 4.78 is 41.2. The van der Waals surface area contributed by atoms with Crippen molar-refractivity contribution < 1.29 is 22.8 Å². The van der Waals surface area contributed by atoms with Crippen LogP contribution >= 0.6 is 23.4 Å². The van der Waals surface area contributed by atoms with Gasteiger partial charge in [-0.2, -0.15) is 13.2 Å². The van der Waals surface area contributed by atoms with Crippen LogP contribution in [-0.2, 0) is 16.0 Å². The van der Waals surface area contributed by atoms with E-state index in [1.54, 1.807) is 29.2 Å². The molecule has 2 saturated heterocycles. The van der Waals surface area contributed by atoms with E-state index in [0.717, 1.165) is 15.4 Å². The summed E-state index contributed by atoms with van der Waals surface area (Å²) >= 11 is 7.66. The predicted molar refractivity (Wildman–Crippen MR) is 120 cm³/mol. The van der Waals surface area contributed by atoms with Crippen LogP contribution in [0.25, 0.3) is 5.57 Å². The van der Waals surface area contributed by atoms with E-state index >= 15 is 0 Å². The fourth-order valence-corrected chi connectivity index (χ4v) is 6.29. The lowest BCUT2D eigenvalue weighted by molar-refractivity contribution is -0.158. The molecule has 1 N–H and O–H groups in total. The van der Waals surface area contributed by atoms with E-state index in [2.05, 4.69) is 5.32 Å². The molecule has 0 saturated carbocycles. The minimum Gasteiger partial charge on any atom is -0.365 e. The van der Waals surface area contributed by atoms with Gasteiger partial charge in [-0.1, -0.05) is 41.6 Å². The van der Waals surface area contributed by atoms with Crippen molar-refractivity contribution in [2.24, 2.45) is 0 Å². The van der Waals surface area contributed by atoms with E-state index in [1.807, 2.05) is 0 Å². The first-order valence-electron chi connectivity index (χ1n) is 10.5. The molecule has 2 fully saturated rings. The molecule has 0 bridgehead atoms. The van der Waals surface area contributed by atoms with Gasteiger partial charge in [0.1, 0.15) is 0 Å². The molecule has 4 aliphatic heterocycles. The molecule has 5 nitrogen and oxygen atoms in total. The van der Waals surface area contributed by atoms with Gasteiger partial charge in [0, 0.05) is 42.9 Å². The number of carbonyl (C=O) groups is 2. The number of alkyl halides is 3. The Hall–Kier alpha value is -2.39. The Morgan fingerprint density at radius 1 is 1.30 bits per heavy atom. The summed E-state index contributed by atoms with van der Waals surface area (Å²) in [5, 5.41) is 3.37. The summed E-state index contributed by atoms with van der Waals surface area (Å²) in [4.78, 5) is 28.6. The van der Waals surface area contributed by atoms with Crippen molar-refractivity contribution in [3.8, 4) is 0 Å². The van der Waals surface area contributed by atoms with E-state index in [1.165, 1.54) is 31.1 Å². The first-order valence-corrected chi connectivity index (χ1v) is 11.7. The molecule has 10 heteroatoms. The van der Waals surface area contributed by atoms with Crippen molar-refractivity contribution in [3.05, 3.63) is 57.6 Å². The topological polar surface area (TPSA) is 52.7 Å². The summed E-state index contributed by atoms with van der Waals surface area (Å²) in [7, 11) is 1.40. The van der Waals surface area contributed by atoms with Crippen molar-refractivity contribution in [1.29, 1.82) is 0 Å². The molecule has 33 heavy (non-hydrogen) atoms. The Morgan fingerprint density at radius 2 is 2.06 bits per heavy atom. The number of nitrogens with one attached hydrogen (secondary N) is 1. The molecule has 0 aromatic heterocycles. The quantitative estimate of drug-likeness (QED) is 0.672. The number of hydrogen-bond acceptors (Lipinski definition) is 4. The number of carbonyl (C=O) groups excluding carboxylic acids is 2. The second-order valence-corrected chi connectivity index (χ2v) is 10.4. The highest BCUT2D eigenvalue weighted by Crippen LogP contribution is 2.44. The zero-order valence-electron chi connectivity index (χ0n) is 17.7. The average molecular weight is 496 g/mol. The van der Waals surface area contributed by atoms with Crippen LogP contribution in [-0.4, -0.2) is 59.5 Å². The molecule has 2 amide bonds. The number of thioether (sulfide) groups is 1. The maximum absolute atomic E-state index is 13.7. The second kappa shape index (κ2) is 7.84.